The lowest BCUT2D eigenvalue weighted by atomic mass is 9.81. The number of anilines is 1. The lowest BCUT2D eigenvalue weighted by molar-refractivity contribution is -0.135. The number of ether oxygens (including phenoxy) is 2. The van der Waals surface area contributed by atoms with E-state index in [2.05, 4.69) is 5.32 Å². The lowest BCUT2D eigenvalue weighted by Crippen LogP contribution is -2.55. The Morgan fingerprint density at radius 1 is 1.15 bits per heavy atom. The Labute approximate surface area is 157 Å². The highest BCUT2D eigenvalue weighted by molar-refractivity contribution is 6.09. The molecule has 0 aliphatic carbocycles. The highest BCUT2D eigenvalue weighted by Crippen LogP contribution is 2.49. The van der Waals surface area contributed by atoms with E-state index >= 15 is 0 Å². The molecule has 2 atom stereocenters. The molecule has 0 saturated heterocycles. The SMILES string of the molecule is COc1cccc(C(O)C2(NC(C)=O)C(=O)N(C)c3ccccc32)c1OC. The first-order chi connectivity index (χ1) is 12.9. The molecule has 7 heteroatoms. The Kier molecular flexibility index (Phi) is 4.80. The van der Waals surface area contributed by atoms with Crippen LogP contribution in [0.5, 0.6) is 11.5 Å². The largest absolute Gasteiger partial charge is 0.493 e. The molecule has 2 unspecified atom stereocenters. The van der Waals surface area contributed by atoms with E-state index in [1.807, 2.05) is 0 Å². The zero-order valence-electron chi connectivity index (χ0n) is 15.6. The van der Waals surface area contributed by atoms with Gasteiger partial charge in [0.05, 0.1) is 14.2 Å². The van der Waals surface area contributed by atoms with Crippen LogP contribution < -0.4 is 19.7 Å². The molecule has 0 bridgehead atoms. The maximum atomic E-state index is 13.3. The van der Waals surface area contributed by atoms with Crippen molar-refractivity contribution < 1.29 is 24.2 Å². The van der Waals surface area contributed by atoms with Crippen LogP contribution in [-0.4, -0.2) is 38.2 Å². The molecule has 0 aromatic heterocycles. The predicted octanol–water partition coefficient (Wildman–Crippen LogP) is 1.75. The fourth-order valence-electron chi connectivity index (χ4n) is 3.68. The molecule has 142 valence electrons. The third-order valence-electron chi connectivity index (χ3n) is 4.84. The molecular formula is C20H22N2O5. The van der Waals surface area contributed by atoms with E-state index in [0.717, 1.165) is 0 Å². The monoisotopic (exact) mass is 370 g/mol. The number of hydrogen-bond acceptors (Lipinski definition) is 5. The second-order valence-electron chi connectivity index (χ2n) is 6.36. The molecule has 1 aliphatic rings. The van der Waals surface area contributed by atoms with Gasteiger partial charge >= 0.3 is 0 Å². The number of nitrogens with one attached hydrogen (secondary N) is 1. The number of aliphatic hydroxyl groups excluding tert-OH is 1. The minimum absolute atomic E-state index is 0.303. The van der Waals surface area contributed by atoms with E-state index < -0.39 is 23.5 Å². The van der Waals surface area contributed by atoms with Gasteiger partial charge in [-0.3, -0.25) is 9.59 Å². The summed E-state index contributed by atoms with van der Waals surface area (Å²) in [6, 6.07) is 12.1. The summed E-state index contributed by atoms with van der Waals surface area (Å²) in [4.78, 5) is 26.7. The van der Waals surface area contributed by atoms with Crippen molar-refractivity contribution in [2.24, 2.45) is 0 Å². The molecule has 1 aliphatic heterocycles. The van der Waals surface area contributed by atoms with Crippen LogP contribution in [0.25, 0.3) is 0 Å². The Morgan fingerprint density at radius 3 is 2.48 bits per heavy atom. The fraction of sp³-hybridized carbons (Fsp3) is 0.300. The van der Waals surface area contributed by atoms with Gasteiger partial charge in [0.2, 0.25) is 5.91 Å². The first kappa shape index (κ1) is 18.7. The number of carbonyl (C=O) groups is 2. The second-order valence-corrected chi connectivity index (χ2v) is 6.36. The molecule has 27 heavy (non-hydrogen) atoms. The van der Waals surface area contributed by atoms with E-state index in [1.54, 1.807) is 49.5 Å². The minimum atomic E-state index is -1.67. The summed E-state index contributed by atoms with van der Waals surface area (Å²) in [7, 11) is 4.55. The average Bonchev–Trinajstić information content (AvgIpc) is 2.89. The Morgan fingerprint density at radius 2 is 1.85 bits per heavy atom. The van der Waals surface area contributed by atoms with Gasteiger partial charge < -0.3 is 24.8 Å². The number of hydrogen-bond donors (Lipinski definition) is 2. The zero-order valence-corrected chi connectivity index (χ0v) is 15.6. The zero-order chi connectivity index (χ0) is 19.8. The minimum Gasteiger partial charge on any atom is -0.493 e. The van der Waals surface area contributed by atoms with Crippen molar-refractivity contribution in [3.63, 3.8) is 0 Å². The van der Waals surface area contributed by atoms with Crippen LogP contribution in [0, 0.1) is 0 Å². The van der Waals surface area contributed by atoms with Crippen molar-refractivity contribution in [1.82, 2.24) is 5.32 Å². The normalized spacial score (nSPS) is 19.4. The van der Waals surface area contributed by atoms with Gasteiger partial charge in [0, 0.05) is 30.8 Å². The molecule has 7 nitrogen and oxygen atoms in total. The van der Waals surface area contributed by atoms with Gasteiger partial charge in [0.25, 0.3) is 5.91 Å². The van der Waals surface area contributed by atoms with E-state index in [0.29, 0.717) is 28.3 Å². The summed E-state index contributed by atoms with van der Waals surface area (Å²) in [5.41, 5.74) is -0.192. The van der Waals surface area contributed by atoms with Gasteiger partial charge in [-0.25, -0.2) is 0 Å². The highest BCUT2D eigenvalue weighted by atomic mass is 16.5. The molecule has 3 rings (SSSR count). The number of rotatable bonds is 5. The lowest BCUT2D eigenvalue weighted by Gasteiger charge is -2.34. The average molecular weight is 370 g/mol. The third kappa shape index (κ3) is 2.71. The van der Waals surface area contributed by atoms with Crippen LogP contribution in [0.15, 0.2) is 42.5 Å². The molecule has 1 heterocycles. The number of nitrogens with zero attached hydrogens (tertiary/aromatic N) is 1. The van der Waals surface area contributed by atoms with Gasteiger partial charge in [-0.2, -0.15) is 0 Å². The van der Waals surface area contributed by atoms with Crippen molar-refractivity contribution in [2.45, 2.75) is 18.6 Å². The van der Waals surface area contributed by atoms with Crippen molar-refractivity contribution in [3.05, 3.63) is 53.6 Å². The third-order valence-corrected chi connectivity index (χ3v) is 4.84. The van der Waals surface area contributed by atoms with Gasteiger partial charge in [-0.1, -0.05) is 30.3 Å². The van der Waals surface area contributed by atoms with Crippen LogP contribution in [-0.2, 0) is 15.1 Å². The fourth-order valence-corrected chi connectivity index (χ4v) is 3.68. The van der Waals surface area contributed by atoms with Crippen LogP contribution in [0.4, 0.5) is 5.69 Å². The van der Waals surface area contributed by atoms with Crippen molar-refractivity contribution in [1.29, 1.82) is 0 Å². The molecule has 0 radical (unpaired) electrons. The van der Waals surface area contributed by atoms with Crippen LogP contribution in [0.1, 0.15) is 24.2 Å². The number of aliphatic hydroxyl groups is 1. The quantitative estimate of drug-likeness (QED) is 0.837. The molecule has 2 amide bonds. The number of carbonyl (C=O) groups excluding carboxylic acids is 2. The number of benzene rings is 2. The van der Waals surface area contributed by atoms with Gasteiger partial charge in [-0.05, 0) is 12.1 Å². The Hall–Kier alpha value is -3.06. The topological polar surface area (TPSA) is 88.1 Å². The number of amides is 2. The van der Waals surface area contributed by atoms with Gasteiger partial charge in [0.15, 0.2) is 17.0 Å². The van der Waals surface area contributed by atoms with Crippen molar-refractivity contribution >= 4 is 17.5 Å². The molecule has 2 aromatic rings. The molecule has 2 N–H and O–H groups in total. The standard InChI is InChI=1S/C20H22N2O5/c1-12(23)21-20(14-9-5-6-10-15(14)22(2)19(20)25)18(24)13-8-7-11-16(26-3)17(13)27-4/h5-11,18,24H,1-4H3,(H,21,23). The van der Waals surface area contributed by atoms with Crippen LogP contribution >= 0.6 is 0 Å². The Balaban J connectivity index is 2.27. The number of fused-ring (bicyclic) bond motifs is 1. The molecule has 0 saturated carbocycles. The summed E-state index contributed by atoms with van der Waals surface area (Å²) < 4.78 is 10.7. The first-order valence-electron chi connectivity index (χ1n) is 8.43. The summed E-state index contributed by atoms with van der Waals surface area (Å²) in [6.07, 6.45) is -1.40. The second kappa shape index (κ2) is 6.92. The van der Waals surface area contributed by atoms with Crippen LogP contribution in [0.3, 0.4) is 0 Å². The van der Waals surface area contributed by atoms with E-state index in [9.17, 15) is 14.7 Å². The molecule has 2 aromatic carbocycles. The maximum absolute atomic E-state index is 13.3. The molecule has 0 fully saturated rings. The first-order valence-corrected chi connectivity index (χ1v) is 8.43. The Bertz CT molecular complexity index is 898. The number of likely N-dealkylation sites (N-methyl/N-ethyl adjacent to an activating group) is 1. The van der Waals surface area contributed by atoms with Gasteiger partial charge in [0.1, 0.15) is 6.10 Å². The number of methoxy groups -OCH3 is 2. The van der Waals surface area contributed by atoms with Crippen LogP contribution in [0.2, 0.25) is 0 Å². The van der Waals surface area contributed by atoms with Crippen molar-refractivity contribution in [2.75, 3.05) is 26.2 Å². The highest BCUT2D eigenvalue weighted by Gasteiger charge is 2.56. The van der Waals surface area contributed by atoms with E-state index in [-0.39, 0.29) is 0 Å². The summed E-state index contributed by atoms with van der Waals surface area (Å²) >= 11 is 0. The summed E-state index contributed by atoms with van der Waals surface area (Å²) in [6.45, 7) is 1.31. The molecule has 0 spiro atoms. The molecular weight excluding hydrogens is 348 g/mol. The summed E-state index contributed by atoms with van der Waals surface area (Å²) in [5.74, 6) is -0.151. The number of para-hydroxylation sites is 2. The van der Waals surface area contributed by atoms with Gasteiger partial charge in [-0.15, -0.1) is 0 Å². The van der Waals surface area contributed by atoms with E-state index in [1.165, 1.54) is 26.0 Å². The van der Waals surface area contributed by atoms with Crippen molar-refractivity contribution in [3.8, 4) is 11.5 Å². The van der Waals surface area contributed by atoms with E-state index in [4.69, 9.17) is 9.47 Å². The smallest absolute Gasteiger partial charge is 0.260 e. The summed E-state index contributed by atoms with van der Waals surface area (Å²) in [5, 5.41) is 14.1. The maximum Gasteiger partial charge on any atom is 0.260 e. The predicted molar refractivity (Wildman–Crippen MR) is 99.9 cm³/mol.